The van der Waals surface area contributed by atoms with Crippen molar-refractivity contribution in [3.63, 3.8) is 0 Å². The monoisotopic (exact) mass is 441 g/mol. The fraction of sp³-hybridized carbons (Fsp3) is 0.348. The van der Waals surface area contributed by atoms with Crippen molar-refractivity contribution in [3.05, 3.63) is 69.7 Å². The molecule has 30 heavy (non-hydrogen) atoms. The van der Waals surface area contributed by atoms with Crippen molar-refractivity contribution in [2.75, 3.05) is 25.7 Å². The van der Waals surface area contributed by atoms with Crippen molar-refractivity contribution in [3.8, 4) is 11.5 Å². The van der Waals surface area contributed by atoms with Crippen LogP contribution in [0.15, 0.2) is 48.7 Å². The molecule has 7 heteroatoms. The van der Waals surface area contributed by atoms with E-state index in [9.17, 15) is 0 Å². The van der Waals surface area contributed by atoms with Crippen LogP contribution in [-0.4, -0.2) is 30.3 Å². The van der Waals surface area contributed by atoms with Gasteiger partial charge in [0.1, 0.15) is 0 Å². The summed E-state index contributed by atoms with van der Waals surface area (Å²) in [4.78, 5) is 8.19. The second-order valence-electron chi connectivity index (χ2n) is 7.84. The molecule has 1 saturated carbocycles. The zero-order valence-electron chi connectivity index (χ0n) is 17.0. The third kappa shape index (κ3) is 3.53. The molecule has 1 atom stereocenters. The third-order valence-corrected chi connectivity index (χ3v) is 7.26. The van der Waals surface area contributed by atoms with E-state index in [1.54, 1.807) is 11.3 Å². The molecular weight excluding hydrogens is 418 g/mol. The Morgan fingerprint density at radius 1 is 1.20 bits per heavy atom. The van der Waals surface area contributed by atoms with Crippen LogP contribution in [0.3, 0.4) is 0 Å². The highest BCUT2D eigenvalue weighted by Crippen LogP contribution is 2.51. The quantitative estimate of drug-likeness (QED) is 0.512. The van der Waals surface area contributed by atoms with Gasteiger partial charge in [0, 0.05) is 16.1 Å². The summed E-state index contributed by atoms with van der Waals surface area (Å²) >= 11 is 8.24. The summed E-state index contributed by atoms with van der Waals surface area (Å²) in [5.74, 6) is 1.64. The maximum atomic E-state index is 6.54. The number of fused-ring (bicyclic) bond motifs is 1. The van der Waals surface area contributed by atoms with Crippen molar-refractivity contribution in [1.82, 2.24) is 9.88 Å². The van der Waals surface area contributed by atoms with Crippen molar-refractivity contribution < 1.29 is 9.47 Å². The molecule has 1 aliphatic heterocycles. The van der Waals surface area contributed by atoms with Gasteiger partial charge < -0.3 is 14.8 Å². The predicted molar refractivity (Wildman–Crippen MR) is 121 cm³/mol. The van der Waals surface area contributed by atoms with Crippen LogP contribution in [0.1, 0.15) is 41.8 Å². The van der Waals surface area contributed by atoms with Gasteiger partial charge in [-0.25, -0.2) is 4.98 Å². The molecular formula is C23H24ClN3O2S. The minimum absolute atomic E-state index is 0.0767. The summed E-state index contributed by atoms with van der Waals surface area (Å²) in [6.07, 6.45) is 4.12. The molecule has 1 aromatic heterocycles. The number of hydrogen-bond donors (Lipinski definition) is 1. The highest BCUT2D eigenvalue weighted by atomic mass is 35.5. The lowest BCUT2D eigenvalue weighted by molar-refractivity contribution is 0.174. The van der Waals surface area contributed by atoms with Gasteiger partial charge in [-0.05, 0) is 55.8 Å². The fourth-order valence-electron chi connectivity index (χ4n) is 3.97. The largest absolute Gasteiger partial charge is 0.454 e. The number of benzene rings is 2. The van der Waals surface area contributed by atoms with Gasteiger partial charge in [-0.15, -0.1) is 11.3 Å². The van der Waals surface area contributed by atoms with Gasteiger partial charge in [0.2, 0.25) is 6.79 Å². The van der Waals surface area contributed by atoms with Crippen LogP contribution in [0.2, 0.25) is 5.02 Å². The minimum atomic E-state index is -0.0767. The summed E-state index contributed by atoms with van der Waals surface area (Å²) in [5, 5.41) is 5.41. The highest BCUT2D eigenvalue weighted by Gasteiger charge is 2.45. The Morgan fingerprint density at radius 3 is 2.77 bits per heavy atom. The lowest BCUT2D eigenvalue weighted by atomic mass is 10.0. The lowest BCUT2D eigenvalue weighted by Gasteiger charge is -2.27. The Kier molecular flexibility index (Phi) is 5.09. The van der Waals surface area contributed by atoms with E-state index >= 15 is 0 Å². The number of aromatic nitrogens is 1. The second kappa shape index (κ2) is 7.76. The van der Waals surface area contributed by atoms with Crippen LogP contribution in [0, 0.1) is 0 Å². The number of rotatable bonds is 7. The zero-order valence-corrected chi connectivity index (χ0v) is 18.6. The van der Waals surface area contributed by atoms with Crippen molar-refractivity contribution in [1.29, 1.82) is 0 Å². The molecule has 0 spiro atoms. The molecule has 3 aromatic rings. The number of ether oxygens (including phenoxy) is 2. The van der Waals surface area contributed by atoms with E-state index in [1.165, 1.54) is 10.4 Å². The van der Waals surface area contributed by atoms with E-state index in [0.717, 1.165) is 46.6 Å². The molecule has 2 aromatic carbocycles. The highest BCUT2D eigenvalue weighted by molar-refractivity contribution is 7.15. The molecule has 5 rings (SSSR count). The number of anilines is 1. The standard InChI is InChI=1S/C23H24ClN3O2S/c1-3-27(2)21(16-6-4-5-7-17(16)24)20-13-25-22(30-20)26-23(10-11-23)15-8-9-18-19(12-15)29-14-28-18/h4-9,12-13,21H,3,10-11,14H2,1-2H3,(H,25,26). The summed E-state index contributed by atoms with van der Waals surface area (Å²) in [5.41, 5.74) is 2.25. The Bertz CT molecular complexity index is 1070. The van der Waals surface area contributed by atoms with Crippen LogP contribution < -0.4 is 14.8 Å². The first-order valence-electron chi connectivity index (χ1n) is 10.2. The van der Waals surface area contributed by atoms with Crippen molar-refractivity contribution >= 4 is 28.1 Å². The molecule has 0 amide bonds. The first-order chi connectivity index (χ1) is 14.6. The third-order valence-electron chi connectivity index (χ3n) is 5.95. The average Bonchev–Trinajstić information content (AvgIpc) is 3.16. The first kappa shape index (κ1) is 19.7. The van der Waals surface area contributed by atoms with E-state index in [0.29, 0.717) is 6.79 Å². The number of nitrogens with one attached hydrogen (secondary N) is 1. The van der Waals surface area contributed by atoms with Gasteiger partial charge in [-0.3, -0.25) is 4.90 Å². The fourth-order valence-corrected chi connectivity index (χ4v) is 5.31. The summed E-state index contributed by atoms with van der Waals surface area (Å²) in [6, 6.07) is 14.3. The van der Waals surface area contributed by atoms with E-state index < -0.39 is 0 Å². The topological polar surface area (TPSA) is 46.6 Å². The molecule has 0 bridgehead atoms. The van der Waals surface area contributed by atoms with E-state index in [-0.39, 0.29) is 11.6 Å². The molecule has 1 N–H and O–H groups in total. The molecule has 2 aliphatic rings. The summed E-state index contributed by atoms with van der Waals surface area (Å²) in [7, 11) is 2.12. The Balaban J connectivity index is 1.41. The molecule has 1 unspecified atom stereocenters. The van der Waals surface area contributed by atoms with Gasteiger partial charge in [-0.2, -0.15) is 0 Å². The number of nitrogens with zero attached hydrogens (tertiary/aromatic N) is 2. The number of thiazole rings is 1. The van der Waals surface area contributed by atoms with Gasteiger partial charge in [-0.1, -0.05) is 42.8 Å². The summed E-state index contributed by atoms with van der Waals surface area (Å²) < 4.78 is 11.0. The zero-order chi connectivity index (χ0) is 20.7. The van der Waals surface area contributed by atoms with Crippen LogP contribution >= 0.6 is 22.9 Å². The summed E-state index contributed by atoms with van der Waals surface area (Å²) in [6.45, 7) is 3.37. The van der Waals surface area contributed by atoms with Crippen LogP contribution in [0.5, 0.6) is 11.5 Å². The van der Waals surface area contributed by atoms with Crippen LogP contribution in [0.4, 0.5) is 5.13 Å². The van der Waals surface area contributed by atoms with E-state index in [2.05, 4.69) is 42.4 Å². The maximum Gasteiger partial charge on any atom is 0.231 e. The van der Waals surface area contributed by atoms with Crippen molar-refractivity contribution in [2.24, 2.45) is 0 Å². The SMILES string of the molecule is CCN(C)C(c1cnc(NC2(c3ccc4c(c3)OCO4)CC2)s1)c1ccccc1Cl. The van der Waals surface area contributed by atoms with Gasteiger partial charge in [0.05, 0.1) is 11.6 Å². The maximum absolute atomic E-state index is 6.54. The van der Waals surface area contributed by atoms with E-state index in [1.807, 2.05) is 30.5 Å². The number of halogens is 1. The molecule has 0 saturated heterocycles. The molecule has 156 valence electrons. The van der Waals surface area contributed by atoms with Crippen LogP contribution in [0.25, 0.3) is 0 Å². The van der Waals surface area contributed by atoms with Crippen molar-refractivity contribution in [2.45, 2.75) is 31.3 Å². The normalized spacial score (nSPS) is 17.2. The minimum Gasteiger partial charge on any atom is -0.454 e. The molecule has 0 radical (unpaired) electrons. The average molecular weight is 442 g/mol. The molecule has 1 aliphatic carbocycles. The van der Waals surface area contributed by atoms with Gasteiger partial charge >= 0.3 is 0 Å². The Labute approximate surface area is 185 Å². The molecule has 1 fully saturated rings. The number of hydrogen-bond acceptors (Lipinski definition) is 6. The lowest BCUT2D eigenvalue weighted by Crippen LogP contribution is -2.24. The van der Waals surface area contributed by atoms with E-state index in [4.69, 9.17) is 26.1 Å². The van der Waals surface area contributed by atoms with Crippen LogP contribution in [-0.2, 0) is 5.54 Å². The Hall–Kier alpha value is -2.28. The Morgan fingerprint density at radius 2 is 2.00 bits per heavy atom. The predicted octanol–water partition coefficient (Wildman–Crippen LogP) is 5.67. The molecule has 2 heterocycles. The smallest absolute Gasteiger partial charge is 0.231 e. The first-order valence-corrected chi connectivity index (χ1v) is 11.4. The molecule has 5 nitrogen and oxygen atoms in total. The van der Waals surface area contributed by atoms with Gasteiger partial charge in [0.25, 0.3) is 0 Å². The second-order valence-corrected chi connectivity index (χ2v) is 9.31. The van der Waals surface area contributed by atoms with Gasteiger partial charge in [0.15, 0.2) is 16.6 Å².